The lowest BCUT2D eigenvalue weighted by Gasteiger charge is -2.21. The summed E-state index contributed by atoms with van der Waals surface area (Å²) in [6.45, 7) is -0.285. The Labute approximate surface area is 229 Å². The number of carbonyl (C=O) groups is 2. The van der Waals surface area contributed by atoms with Gasteiger partial charge in [0.05, 0.1) is 17.5 Å². The third-order valence-corrected chi connectivity index (χ3v) is 7.17. The number of hydrogen-bond acceptors (Lipinski definition) is 6. The van der Waals surface area contributed by atoms with Gasteiger partial charge in [-0.15, -0.1) is 0 Å². The molecule has 0 aromatic heterocycles. The van der Waals surface area contributed by atoms with Crippen LogP contribution in [-0.4, -0.2) is 42.0 Å². The van der Waals surface area contributed by atoms with E-state index in [9.17, 15) is 27.9 Å². The van der Waals surface area contributed by atoms with Crippen LogP contribution in [-0.2, 0) is 20.4 Å². The average molecular weight is 553 g/mol. The number of carbonyl (C=O) groups excluding carboxylic acids is 2. The molecular formula is C31H27F3O6. The third kappa shape index (κ3) is 6.37. The standard InChI is InChI=1S/C31H27F3O6/c32-31(33,34)22-7-4-8-24(15-22)38-18-23(35)13-14-25-26-16-29(36)39-28(26)17-27(25)40-30(37)21-11-9-20(10-12-21)19-5-2-1-3-6-19/h1-15,23,25-28,35H,16-18H2/t23-,25-,26-,27-,28?/m1/s1. The predicted octanol–water partition coefficient (Wildman–Crippen LogP) is 5.85. The van der Waals surface area contributed by atoms with Crippen LogP contribution in [0, 0.1) is 11.8 Å². The molecule has 0 bridgehead atoms. The maximum atomic E-state index is 13.0. The molecule has 1 saturated heterocycles. The van der Waals surface area contributed by atoms with Crippen molar-refractivity contribution in [3.63, 3.8) is 0 Å². The molecule has 1 heterocycles. The lowest BCUT2D eigenvalue weighted by atomic mass is 9.91. The van der Waals surface area contributed by atoms with Crippen LogP contribution >= 0.6 is 0 Å². The second kappa shape index (κ2) is 11.6. The maximum Gasteiger partial charge on any atom is 0.416 e. The van der Waals surface area contributed by atoms with Crippen molar-refractivity contribution >= 4 is 11.9 Å². The minimum atomic E-state index is -4.51. The largest absolute Gasteiger partial charge is 0.491 e. The van der Waals surface area contributed by atoms with Crippen LogP contribution in [0.4, 0.5) is 13.2 Å². The Balaban J connectivity index is 1.23. The number of esters is 2. The summed E-state index contributed by atoms with van der Waals surface area (Å²) in [5.41, 5.74) is 1.51. The molecule has 1 N–H and O–H groups in total. The first-order chi connectivity index (χ1) is 19.2. The second-order valence-corrected chi connectivity index (χ2v) is 9.89. The Morgan fingerprint density at radius 3 is 2.48 bits per heavy atom. The number of ether oxygens (including phenoxy) is 3. The highest BCUT2D eigenvalue weighted by Gasteiger charge is 2.50. The summed E-state index contributed by atoms with van der Waals surface area (Å²) in [6, 6.07) is 21.2. The van der Waals surface area contributed by atoms with Gasteiger partial charge in [0.1, 0.15) is 30.7 Å². The van der Waals surface area contributed by atoms with Crippen molar-refractivity contribution in [2.75, 3.05) is 6.61 Å². The van der Waals surface area contributed by atoms with Crippen LogP contribution in [0.25, 0.3) is 11.1 Å². The van der Waals surface area contributed by atoms with Gasteiger partial charge < -0.3 is 19.3 Å². The van der Waals surface area contributed by atoms with Crippen molar-refractivity contribution in [2.24, 2.45) is 11.8 Å². The van der Waals surface area contributed by atoms with E-state index in [-0.39, 0.29) is 30.7 Å². The zero-order chi connectivity index (χ0) is 28.3. The van der Waals surface area contributed by atoms with Gasteiger partial charge >= 0.3 is 18.1 Å². The molecule has 1 unspecified atom stereocenters. The molecule has 0 amide bonds. The van der Waals surface area contributed by atoms with Crippen molar-refractivity contribution in [2.45, 2.75) is 37.3 Å². The van der Waals surface area contributed by atoms with E-state index >= 15 is 0 Å². The van der Waals surface area contributed by atoms with E-state index < -0.39 is 41.9 Å². The number of benzene rings is 3. The molecule has 1 saturated carbocycles. The molecule has 1 aliphatic carbocycles. The van der Waals surface area contributed by atoms with Crippen molar-refractivity contribution in [3.05, 3.63) is 102 Å². The third-order valence-electron chi connectivity index (χ3n) is 7.17. The highest BCUT2D eigenvalue weighted by molar-refractivity contribution is 5.90. The van der Waals surface area contributed by atoms with Crippen molar-refractivity contribution in [3.8, 4) is 16.9 Å². The molecule has 5 atom stereocenters. The summed E-state index contributed by atoms with van der Waals surface area (Å²) in [4.78, 5) is 24.9. The molecule has 3 aromatic carbocycles. The SMILES string of the molecule is O=C1C[C@H]2C(C[C@@H](OC(=O)c3ccc(-c4ccccc4)cc3)[C@@H]2C=C[C@@H](O)COc2cccc(C(F)(F)F)c2)O1. The van der Waals surface area contributed by atoms with Crippen molar-refractivity contribution < 1.29 is 42.1 Å². The van der Waals surface area contributed by atoms with Gasteiger partial charge in [0, 0.05) is 18.3 Å². The zero-order valence-electron chi connectivity index (χ0n) is 21.3. The number of halogens is 3. The molecule has 1 aliphatic heterocycles. The van der Waals surface area contributed by atoms with Crippen LogP contribution in [0.15, 0.2) is 91.0 Å². The van der Waals surface area contributed by atoms with Crippen LogP contribution in [0.3, 0.4) is 0 Å². The molecule has 6 nitrogen and oxygen atoms in total. The van der Waals surface area contributed by atoms with E-state index in [2.05, 4.69) is 0 Å². The van der Waals surface area contributed by atoms with Crippen LogP contribution in [0.5, 0.6) is 5.75 Å². The van der Waals surface area contributed by atoms with Crippen molar-refractivity contribution in [1.29, 1.82) is 0 Å². The first-order valence-corrected chi connectivity index (χ1v) is 12.9. The Morgan fingerprint density at radius 2 is 1.75 bits per heavy atom. The van der Waals surface area contributed by atoms with Gasteiger partial charge in [-0.05, 0) is 41.5 Å². The number of aliphatic hydroxyl groups is 1. The minimum absolute atomic E-state index is 0.0249. The van der Waals surface area contributed by atoms with Gasteiger partial charge in [-0.1, -0.05) is 60.7 Å². The second-order valence-electron chi connectivity index (χ2n) is 9.89. The smallest absolute Gasteiger partial charge is 0.416 e. The van der Waals surface area contributed by atoms with Gasteiger partial charge in [-0.25, -0.2) is 4.79 Å². The zero-order valence-corrected chi connectivity index (χ0v) is 21.3. The fourth-order valence-electron chi connectivity index (χ4n) is 5.18. The van der Waals surface area contributed by atoms with Crippen LogP contribution in [0.2, 0.25) is 0 Å². The maximum absolute atomic E-state index is 13.0. The van der Waals surface area contributed by atoms with E-state index in [1.807, 2.05) is 42.5 Å². The molecule has 208 valence electrons. The summed E-state index contributed by atoms with van der Waals surface area (Å²) in [6.07, 6.45) is -3.03. The average Bonchev–Trinajstić information content (AvgIpc) is 3.46. The fourth-order valence-corrected chi connectivity index (χ4v) is 5.18. The number of alkyl halides is 3. The van der Waals surface area contributed by atoms with Gasteiger partial charge in [0.25, 0.3) is 0 Å². The quantitative estimate of drug-likeness (QED) is 0.279. The summed E-state index contributed by atoms with van der Waals surface area (Å²) in [7, 11) is 0. The van der Waals surface area contributed by atoms with E-state index in [0.29, 0.717) is 12.0 Å². The first-order valence-electron chi connectivity index (χ1n) is 12.9. The molecule has 9 heteroatoms. The first kappa shape index (κ1) is 27.5. The summed E-state index contributed by atoms with van der Waals surface area (Å²) in [5.74, 6) is -1.49. The van der Waals surface area contributed by atoms with Gasteiger partial charge in [0.15, 0.2) is 0 Å². The summed E-state index contributed by atoms with van der Waals surface area (Å²) < 4.78 is 55.4. The highest BCUT2D eigenvalue weighted by atomic mass is 19.4. The normalized spacial score (nSPS) is 23.1. The number of hydrogen-bond donors (Lipinski definition) is 1. The van der Waals surface area contributed by atoms with Crippen LogP contribution in [0.1, 0.15) is 28.8 Å². The number of fused-ring (bicyclic) bond motifs is 1. The molecule has 40 heavy (non-hydrogen) atoms. The van der Waals surface area contributed by atoms with Gasteiger partial charge in [-0.2, -0.15) is 13.2 Å². The monoisotopic (exact) mass is 552 g/mol. The van der Waals surface area contributed by atoms with Gasteiger partial charge in [0.2, 0.25) is 0 Å². The molecule has 5 rings (SSSR count). The molecule has 3 aromatic rings. The Bertz CT molecular complexity index is 1370. The molecule has 0 radical (unpaired) electrons. The molecule has 0 spiro atoms. The van der Waals surface area contributed by atoms with Gasteiger partial charge in [-0.3, -0.25) is 4.79 Å². The van der Waals surface area contributed by atoms with E-state index in [1.54, 1.807) is 18.2 Å². The number of aliphatic hydroxyl groups excluding tert-OH is 1. The summed E-state index contributed by atoms with van der Waals surface area (Å²) >= 11 is 0. The summed E-state index contributed by atoms with van der Waals surface area (Å²) in [5, 5.41) is 10.4. The topological polar surface area (TPSA) is 82.1 Å². The van der Waals surface area contributed by atoms with Crippen molar-refractivity contribution in [1.82, 2.24) is 0 Å². The fraction of sp³-hybridized carbons (Fsp3) is 0.290. The van der Waals surface area contributed by atoms with E-state index in [0.717, 1.165) is 23.3 Å². The predicted molar refractivity (Wildman–Crippen MR) is 139 cm³/mol. The Hall–Kier alpha value is -4.11. The molecule has 2 fully saturated rings. The van der Waals surface area contributed by atoms with E-state index in [1.165, 1.54) is 18.2 Å². The highest BCUT2D eigenvalue weighted by Crippen LogP contribution is 2.44. The Kier molecular flexibility index (Phi) is 7.93. The molecule has 2 aliphatic rings. The lowest BCUT2D eigenvalue weighted by molar-refractivity contribution is -0.142. The molecular weight excluding hydrogens is 525 g/mol. The lowest BCUT2D eigenvalue weighted by Crippen LogP contribution is -2.25. The Morgan fingerprint density at radius 1 is 1.02 bits per heavy atom. The van der Waals surface area contributed by atoms with E-state index in [4.69, 9.17) is 14.2 Å². The minimum Gasteiger partial charge on any atom is -0.491 e. The number of rotatable bonds is 8. The van der Waals surface area contributed by atoms with Crippen LogP contribution < -0.4 is 4.74 Å².